The van der Waals surface area contributed by atoms with Crippen molar-refractivity contribution >= 4 is 40.1 Å². The van der Waals surface area contributed by atoms with Gasteiger partial charge in [0.25, 0.3) is 5.56 Å². The van der Waals surface area contributed by atoms with Crippen molar-refractivity contribution < 1.29 is 0 Å². The van der Waals surface area contributed by atoms with Gasteiger partial charge >= 0.3 is 5.69 Å². The Labute approximate surface area is 186 Å². The van der Waals surface area contributed by atoms with E-state index >= 15 is 0 Å². The highest BCUT2D eigenvalue weighted by atomic mass is 35.5. The third-order valence-corrected chi connectivity index (χ3v) is 5.95. The minimum Gasteiger partial charge on any atom is -0.305 e. The number of nitrogens with zero attached hydrogens (tertiary/aromatic N) is 5. The average Bonchev–Trinajstić information content (AvgIpc) is 3.30. The summed E-state index contributed by atoms with van der Waals surface area (Å²) in [6.07, 6.45) is 1.87. The molecule has 0 radical (unpaired) electrons. The lowest BCUT2D eigenvalue weighted by Gasteiger charge is -2.10. The number of hydrogen-bond donors (Lipinski definition) is 0. The second-order valence-corrected chi connectivity index (χ2v) is 8.27. The summed E-state index contributed by atoms with van der Waals surface area (Å²) in [6, 6.07) is 15.0. The first-order chi connectivity index (χ1) is 14.8. The highest BCUT2D eigenvalue weighted by molar-refractivity contribution is 6.30. The Balaban J connectivity index is 1.84. The van der Waals surface area contributed by atoms with Crippen LogP contribution in [0.2, 0.25) is 10.0 Å². The third-order valence-electron chi connectivity index (χ3n) is 5.45. The second kappa shape index (κ2) is 7.14. The molecule has 0 aliphatic carbocycles. The van der Waals surface area contributed by atoms with Gasteiger partial charge in [-0.05, 0) is 35.4 Å². The number of hydrogen-bond acceptors (Lipinski definition) is 3. The monoisotopic (exact) mass is 453 g/mol. The quantitative estimate of drug-likeness (QED) is 0.418. The van der Waals surface area contributed by atoms with Gasteiger partial charge in [0, 0.05) is 30.3 Å². The summed E-state index contributed by atoms with van der Waals surface area (Å²) in [5.74, 6) is 0.563. The van der Waals surface area contributed by atoms with Crippen LogP contribution in [0.4, 0.5) is 0 Å². The zero-order chi connectivity index (χ0) is 21.9. The molecule has 0 N–H and O–H groups in total. The molecule has 0 amide bonds. The largest absolute Gasteiger partial charge is 0.332 e. The maximum Gasteiger partial charge on any atom is 0.332 e. The first-order valence-corrected chi connectivity index (χ1v) is 10.3. The molecule has 0 aliphatic heterocycles. The molecule has 9 heteroatoms. The number of aryl methyl sites for hydroxylation is 1. The summed E-state index contributed by atoms with van der Waals surface area (Å²) in [5, 5.41) is 1.29. The predicted octanol–water partition coefficient (Wildman–Crippen LogP) is 3.71. The number of benzene rings is 2. The van der Waals surface area contributed by atoms with Crippen LogP contribution >= 0.6 is 23.2 Å². The van der Waals surface area contributed by atoms with Crippen LogP contribution in [0.1, 0.15) is 5.56 Å². The third kappa shape index (κ3) is 3.08. The molecule has 3 heterocycles. The molecule has 0 spiro atoms. The Morgan fingerprint density at radius 3 is 2.13 bits per heavy atom. The lowest BCUT2D eigenvalue weighted by atomic mass is 10.1. The summed E-state index contributed by atoms with van der Waals surface area (Å²) >= 11 is 12.1. The molecule has 5 aromatic rings. The van der Waals surface area contributed by atoms with E-state index in [0.717, 1.165) is 21.4 Å². The summed E-state index contributed by atoms with van der Waals surface area (Å²) in [7, 11) is 3.08. The molecule has 0 fully saturated rings. The van der Waals surface area contributed by atoms with Crippen molar-refractivity contribution in [2.75, 3.05) is 0 Å². The molecular weight excluding hydrogens is 437 g/mol. The van der Waals surface area contributed by atoms with Crippen molar-refractivity contribution in [3.05, 3.63) is 91.2 Å². The molecule has 0 saturated heterocycles. The van der Waals surface area contributed by atoms with E-state index in [1.807, 2.05) is 59.3 Å². The molecule has 0 aliphatic rings. The highest BCUT2D eigenvalue weighted by Gasteiger charge is 2.21. The van der Waals surface area contributed by atoms with Gasteiger partial charge < -0.3 is 4.57 Å². The van der Waals surface area contributed by atoms with E-state index in [1.165, 1.54) is 11.6 Å². The van der Waals surface area contributed by atoms with Crippen LogP contribution in [0.25, 0.3) is 28.2 Å². The van der Waals surface area contributed by atoms with Crippen molar-refractivity contribution in [1.29, 1.82) is 0 Å². The van der Waals surface area contributed by atoms with Crippen LogP contribution < -0.4 is 11.2 Å². The van der Waals surface area contributed by atoms with Crippen molar-refractivity contribution in [1.82, 2.24) is 23.1 Å². The maximum atomic E-state index is 12.9. The molecule has 0 saturated carbocycles. The van der Waals surface area contributed by atoms with Crippen molar-refractivity contribution in [3.63, 3.8) is 0 Å². The molecule has 5 rings (SSSR count). The van der Waals surface area contributed by atoms with Crippen molar-refractivity contribution in [2.45, 2.75) is 6.54 Å². The van der Waals surface area contributed by atoms with Gasteiger partial charge in [-0.15, -0.1) is 0 Å². The molecular formula is C22H17Cl2N5O2. The van der Waals surface area contributed by atoms with Gasteiger partial charge in [-0.1, -0.05) is 47.5 Å². The SMILES string of the molecule is Cn1c(=O)c2c(nc3n(Cc4ccc(Cl)cc4)c(-c4ccc(Cl)cc4)cn23)n(C)c1=O. The molecule has 0 atom stereocenters. The van der Waals surface area contributed by atoms with Gasteiger partial charge in [0.15, 0.2) is 11.2 Å². The highest BCUT2D eigenvalue weighted by Crippen LogP contribution is 2.27. The predicted molar refractivity (Wildman–Crippen MR) is 122 cm³/mol. The van der Waals surface area contributed by atoms with E-state index in [9.17, 15) is 9.59 Å². The molecule has 0 bridgehead atoms. The fraction of sp³-hybridized carbons (Fsp3) is 0.136. The number of rotatable bonds is 3. The smallest absolute Gasteiger partial charge is 0.305 e. The van der Waals surface area contributed by atoms with Crippen LogP contribution in [0.15, 0.2) is 64.3 Å². The standard InChI is InChI=1S/C22H17Cl2N5O2/c1-26-19-18(20(30)27(2)22(26)31)29-12-17(14-5-9-16(24)10-6-14)28(21(29)25-19)11-13-3-7-15(23)8-4-13/h3-10,12H,11H2,1-2H3. The topological polar surface area (TPSA) is 66.2 Å². The van der Waals surface area contributed by atoms with Gasteiger partial charge in [-0.25, -0.2) is 4.79 Å². The summed E-state index contributed by atoms with van der Waals surface area (Å²) in [5.41, 5.74) is 2.70. The number of fused-ring (bicyclic) bond motifs is 3. The van der Waals surface area contributed by atoms with E-state index in [4.69, 9.17) is 23.2 Å². The molecule has 0 unspecified atom stereocenters. The maximum absolute atomic E-state index is 12.9. The molecule has 7 nitrogen and oxygen atoms in total. The molecule has 2 aromatic carbocycles. The zero-order valence-corrected chi connectivity index (χ0v) is 18.2. The Hall–Kier alpha value is -3.29. The van der Waals surface area contributed by atoms with Crippen molar-refractivity contribution in [2.24, 2.45) is 14.1 Å². The minimum atomic E-state index is -0.416. The minimum absolute atomic E-state index is 0.343. The summed E-state index contributed by atoms with van der Waals surface area (Å²) in [6.45, 7) is 0.503. The normalized spacial score (nSPS) is 11.6. The van der Waals surface area contributed by atoms with E-state index in [0.29, 0.717) is 33.5 Å². The number of imidazole rings is 2. The van der Waals surface area contributed by atoms with E-state index in [1.54, 1.807) is 11.4 Å². The lowest BCUT2D eigenvalue weighted by Crippen LogP contribution is -2.37. The fourth-order valence-electron chi connectivity index (χ4n) is 3.79. The molecule has 31 heavy (non-hydrogen) atoms. The van der Waals surface area contributed by atoms with E-state index in [-0.39, 0.29) is 0 Å². The first-order valence-electron chi connectivity index (χ1n) is 9.53. The molecule has 156 valence electrons. The summed E-state index contributed by atoms with van der Waals surface area (Å²) < 4.78 is 6.24. The van der Waals surface area contributed by atoms with Gasteiger partial charge in [0.05, 0.1) is 12.2 Å². The second-order valence-electron chi connectivity index (χ2n) is 7.39. The van der Waals surface area contributed by atoms with Gasteiger partial charge in [0.2, 0.25) is 5.78 Å². The number of aromatic nitrogens is 5. The first kappa shape index (κ1) is 19.7. The summed E-state index contributed by atoms with van der Waals surface area (Å²) in [4.78, 5) is 30.0. The van der Waals surface area contributed by atoms with Gasteiger partial charge in [-0.3, -0.25) is 18.3 Å². The van der Waals surface area contributed by atoms with Gasteiger partial charge in [0.1, 0.15) is 0 Å². The average molecular weight is 454 g/mol. The van der Waals surface area contributed by atoms with E-state index in [2.05, 4.69) is 4.98 Å². The Morgan fingerprint density at radius 2 is 1.48 bits per heavy atom. The van der Waals surface area contributed by atoms with Crippen molar-refractivity contribution in [3.8, 4) is 11.3 Å². The Morgan fingerprint density at radius 1 is 0.871 bits per heavy atom. The lowest BCUT2D eigenvalue weighted by molar-refractivity contribution is 0.707. The van der Waals surface area contributed by atoms with Crippen LogP contribution in [0, 0.1) is 0 Å². The van der Waals surface area contributed by atoms with E-state index < -0.39 is 11.2 Å². The van der Waals surface area contributed by atoms with Crippen LogP contribution in [0.3, 0.4) is 0 Å². The van der Waals surface area contributed by atoms with Gasteiger partial charge in [-0.2, -0.15) is 4.98 Å². The van der Waals surface area contributed by atoms with Crippen LogP contribution in [-0.4, -0.2) is 23.1 Å². The fourth-order valence-corrected chi connectivity index (χ4v) is 4.05. The van der Waals surface area contributed by atoms with Crippen LogP contribution in [-0.2, 0) is 20.6 Å². The Kier molecular flexibility index (Phi) is 4.53. The zero-order valence-electron chi connectivity index (χ0n) is 16.7. The number of halogens is 2. The molecule has 3 aromatic heterocycles. The van der Waals surface area contributed by atoms with Crippen LogP contribution in [0.5, 0.6) is 0 Å². The Bertz CT molecular complexity index is 1570.